The van der Waals surface area contributed by atoms with Crippen molar-refractivity contribution in [1.82, 2.24) is 4.48 Å². The molecule has 3 aromatic rings. The highest BCUT2D eigenvalue weighted by molar-refractivity contribution is 7.92. The average Bonchev–Trinajstić information content (AvgIpc) is 3.31. The van der Waals surface area contributed by atoms with Crippen molar-refractivity contribution in [3.05, 3.63) is 105 Å². The van der Waals surface area contributed by atoms with Crippen molar-refractivity contribution in [2.24, 2.45) is 4.99 Å². The number of nitrogens with zero attached hydrogens (tertiary/aromatic N) is 3. The molecule has 4 rings (SSSR count). The summed E-state index contributed by atoms with van der Waals surface area (Å²) in [5.74, 6) is 0. The van der Waals surface area contributed by atoms with Gasteiger partial charge < -0.3 is 4.48 Å². The summed E-state index contributed by atoms with van der Waals surface area (Å²) in [4.78, 5) is 14.7. The van der Waals surface area contributed by atoms with Crippen LogP contribution in [0.2, 0.25) is 0 Å². The van der Waals surface area contributed by atoms with Crippen LogP contribution in [0.1, 0.15) is 36.4 Å². The number of aromatic nitrogens is 1. The fourth-order valence-electron chi connectivity index (χ4n) is 4.37. The SMILES string of the molecule is CC1=CC(C)=N/C1=C(/c1ccc(NS(=O)(=O)c2ccc([N+](=O)[O-])cc2)cc1)c1c(C)cc(C)n1B(F)F. The highest BCUT2D eigenvalue weighted by Crippen LogP contribution is 2.37. The van der Waals surface area contributed by atoms with E-state index >= 15 is 0 Å². The fourth-order valence-corrected chi connectivity index (χ4v) is 5.43. The molecule has 2 aromatic carbocycles. The van der Waals surface area contributed by atoms with Gasteiger partial charge in [0.15, 0.2) is 0 Å². The molecule has 1 aliphatic rings. The van der Waals surface area contributed by atoms with Crippen molar-refractivity contribution in [3.63, 3.8) is 0 Å². The van der Waals surface area contributed by atoms with Crippen LogP contribution < -0.4 is 4.72 Å². The van der Waals surface area contributed by atoms with Crippen LogP contribution in [0.3, 0.4) is 0 Å². The Hall–Kier alpha value is -4.06. The summed E-state index contributed by atoms with van der Waals surface area (Å²) in [6.45, 7) is 7.07. The minimum Gasteiger partial charge on any atom is -0.329 e. The van der Waals surface area contributed by atoms with Crippen LogP contribution >= 0.6 is 0 Å². The Balaban J connectivity index is 1.76. The molecule has 8 nitrogen and oxygen atoms in total. The maximum atomic E-state index is 14.1. The summed E-state index contributed by atoms with van der Waals surface area (Å²) in [5, 5.41) is 10.8. The topological polar surface area (TPSA) is 107 Å². The molecule has 0 saturated carbocycles. The Morgan fingerprint density at radius 1 is 1.03 bits per heavy atom. The van der Waals surface area contributed by atoms with E-state index in [9.17, 15) is 27.2 Å². The van der Waals surface area contributed by atoms with E-state index in [-0.39, 0.29) is 16.3 Å². The number of halogens is 2. The summed E-state index contributed by atoms with van der Waals surface area (Å²) in [7, 11) is -6.77. The van der Waals surface area contributed by atoms with Crippen molar-refractivity contribution in [3.8, 4) is 0 Å². The molecule has 2 heterocycles. The first-order chi connectivity index (χ1) is 17.4. The zero-order chi connectivity index (χ0) is 27.1. The molecule has 0 bridgehead atoms. The normalized spacial score (nSPS) is 14.8. The quantitative estimate of drug-likeness (QED) is 0.241. The summed E-state index contributed by atoms with van der Waals surface area (Å²) in [6, 6.07) is 12.6. The van der Waals surface area contributed by atoms with Gasteiger partial charge in [0.2, 0.25) is 0 Å². The maximum Gasteiger partial charge on any atom is 0.677 e. The maximum absolute atomic E-state index is 14.1. The van der Waals surface area contributed by atoms with Crippen LogP contribution in [0.4, 0.5) is 20.0 Å². The number of nitrogens with one attached hydrogen (secondary N) is 1. The van der Waals surface area contributed by atoms with Crippen LogP contribution in [0.25, 0.3) is 5.57 Å². The first kappa shape index (κ1) is 26.0. The van der Waals surface area contributed by atoms with Crippen LogP contribution in [-0.2, 0) is 10.0 Å². The van der Waals surface area contributed by atoms with Gasteiger partial charge in [-0.05, 0) is 80.8 Å². The van der Waals surface area contributed by atoms with Crippen molar-refractivity contribution < 1.29 is 22.0 Å². The first-order valence-corrected chi connectivity index (χ1v) is 12.7. The Labute approximate surface area is 213 Å². The lowest BCUT2D eigenvalue weighted by molar-refractivity contribution is -0.384. The van der Waals surface area contributed by atoms with Gasteiger partial charge in [-0.15, -0.1) is 0 Å². The number of allylic oxidation sites excluding steroid dienone is 2. The lowest BCUT2D eigenvalue weighted by Crippen LogP contribution is -2.18. The van der Waals surface area contributed by atoms with E-state index in [2.05, 4.69) is 9.71 Å². The molecular formula is C25H23BF2N4O4S. The van der Waals surface area contributed by atoms with E-state index in [1.165, 1.54) is 12.1 Å². The zero-order valence-corrected chi connectivity index (χ0v) is 21.3. The van der Waals surface area contributed by atoms with E-state index < -0.39 is 22.3 Å². The first-order valence-electron chi connectivity index (χ1n) is 11.2. The number of nitro benzene ring substituents is 1. The summed E-state index contributed by atoms with van der Waals surface area (Å²) < 4.78 is 57.2. The van der Waals surface area contributed by atoms with Gasteiger partial charge in [-0.25, -0.2) is 8.42 Å². The van der Waals surface area contributed by atoms with Crippen LogP contribution in [-0.4, -0.2) is 30.9 Å². The largest absolute Gasteiger partial charge is 0.677 e. The van der Waals surface area contributed by atoms with Crippen LogP contribution in [0.15, 0.2) is 81.8 Å². The number of hydrogen-bond acceptors (Lipinski definition) is 5. The molecular weight excluding hydrogens is 501 g/mol. The monoisotopic (exact) mass is 524 g/mol. The van der Waals surface area contributed by atoms with Crippen LogP contribution in [0, 0.1) is 24.0 Å². The lowest BCUT2D eigenvalue weighted by atomic mass is 9.94. The van der Waals surface area contributed by atoms with E-state index in [0.29, 0.717) is 33.8 Å². The molecule has 0 atom stereocenters. The van der Waals surface area contributed by atoms with Crippen LogP contribution in [0.5, 0.6) is 0 Å². The van der Waals surface area contributed by atoms with Gasteiger partial charge in [-0.3, -0.25) is 28.5 Å². The third-order valence-electron chi connectivity index (χ3n) is 5.96. The second-order valence-corrected chi connectivity index (χ2v) is 10.4. The molecule has 190 valence electrons. The number of rotatable bonds is 7. The van der Waals surface area contributed by atoms with Gasteiger partial charge in [0, 0.05) is 40.5 Å². The van der Waals surface area contributed by atoms with Crippen molar-refractivity contribution in [2.75, 3.05) is 4.72 Å². The average molecular weight is 524 g/mol. The standard InChI is InChI=1S/C25H23BF2N4O4S/c1-15-13-17(3)29-24(15)23(25-16(2)14-18(4)31(25)26(27)28)19-5-7-20(8-6-19)30-37(35,36)22-11-9-21(10-12-22)32(33)34/h5-14,30H,1-4H3/b24-23-. The van der Waals surface area contributed by atoms with Crippen molar-refractivity contribution >= 4 is 40.1 Å². The van der Waals surface area contributed by atoms with Gasteiger partial charge >= 0.3 is 7.40 Å². The highest BCUT2D eigenvalue weighted by atomic mass is 32.2. The second-order valence-electron chi connectivity index (χ2n) is 8.70. The Morgan fingerprint density at radius 3 is 2.16 bits per heavy atom. The highest BCUT2D eigenvalue weighted by Gasteiger charge is 2.29. The molecule has 0 spiro atoms. The molecule has 37 heavy (non-hydrogen) atoms. The Kier molecular flexibility index (Phi) is 6.87. The molecule has 12 heteroatoms. The molecule has 0 aliphatic carbocycles. The summed E-state index contributed by atoms with van der Waals surface area (Å²) in [6.07, 6.45) is 1.87. The summed E-state index contributed by atoms with van der Waals surface area (Å²) >= 11 is 0. The number of benzene rings is 2. The third-order valence-corrected chi connectivity index (χ3v) is 7.36. The number of aryl methyl sites for hydroxylation is 2. The smallest absolute Gasteiger partial charge is 0.329 e. The van der Waals surface area contributed by atoms with Gasteiger partial charge in [0.1, 0.15) is 0 Å². The van der Waals surface area contributed by atoms with E-state index in [1.54, 1.807) is 32.0 Å². The molecule has 0 unspecified atom stereocenters. The van der Waals surface area contributed by atoms with Gasteiger partial charge in [0.25, 0.3) is 15.7 Å². The minimum absolute atomic E-state index is 0.137. The Morgan fingerprint density at radius 2 is 1.65 bits per heavy atom. The van der Waals surface area contributed by atoms with Gasteiger partial charge in [-0.2, -0.15) is 0 Å². The lowest BCUT2D eigenvalue weighted by Gasteiger charge is -2.17. The third kappa shape index (κ3) is 5.10. The fraction of sp³-hybridized carbons (Fsp3) is 0.160. The number of aliphatic imine (C=N–C) groups is 1. The van der Waals surface area contributed by atoms with Crippen molar-refractivity contribution in [1.29, 1.82) is 0 Å². The second kappa shape index (κ2) is 9.77. The van der Waals surface area contributed by atoms with E-state index in [0.717, 1.165) is 40.0 Å². The zero-order valence-electron chi connectivity index (χ0n) is 20.5. The molecule has 0 radical (unpaired) electrons. The van der Waals surface area contributed by atoms with Crippen molar-refractivity contribution in [2.45, 2.75) is 32.6 Å². The number of hydrogen-bond donors (Lipinski definition) is 1. The van der Waals surface area contributed by atoms with Gasteiger partial charge in [0.05, 0.1) is 15.5 Å². The molecule has 0 saturated heterocycles. The van der Waals surface area contributed by atoms with E-state index in [1.807, 2.05) is 19.9 Å². The van der Waals surface area contributed by atoms with E-state index in [4.69, 9.17) is 0 Å². The van der Waals surface area contributed by atoms with Gasteiger partial charge in [-0.1, -0.05) is 12.1 Å². The molecule has 1 aliphatic heterocycles. The molecule has 0 amide bonds. The molecule has 1 N–H and O–H groups in total. The minimum atomic E-state index is -4.01. The number of nitro groups is 1. The molecule has 0 fully saturated rings. The summed E-state index contributed by atoms with van der Waals surface area (Å²) in [5.41, 5.74) is 4.68. The predicted octanol–water partition coefficient (Wildman–Crippen LogP) is 5.77. The molecule has 1 aromatic heterocycles. The Bertz CT molecular complexity index is 1590. The number of anilines is 1. The number of sulfonamides is 1. The predicted molar refractivity (Wildman–Crippen MR) is 141 cm³/mol. The number of non-ortho nitro benzene ring substituents is 1.